The minimum atomic E-state index is 0.405. The van der Waals surface area contributed by atoms with Gasteiger partial charge < -0.3 is 14.8 Å². The van der Waals surface area contributed by atoms with Gasteiger partial charge in [0.15, 0.2) is 11.5 Å². The minimum absolute atomic E-state index is 0.405. The molecule has 25 heavy (non-hydrogen) atoms. The lowest BCUT2D eigenvalue weighted by Gasteiger charge is -2.10. The van der Waals surface area contributed by atoms with Crippen LogP contribution in [0.1, 0.15) is 5.56 Å². The topological polar surface area (TPSA) is 86.5 Å². The summed E-state index contributed by atoms with van der Waals surface area (Å²) in [7, 11) is 3.16. The molecule has 0 amide bonds. The Morgan fingerprint density at radius 2 is 1.96 bits per heavy atom. The number of hydrogen-bond acceptors (Lipinski definition) is 7. The molecule has 128 valence electrons. The van der Waals surface area contributed by atoms with Gasteiger partial charge in [-0.05, 0) is 56.2 Å². The largest absolute Gasteiger partial charge is 0.493 e. The molecule has 0 aliphatic rings. The summed E-state index contributed by atoms with van der Waals surface area (Å²) >= 11 is 3.45. The Hall–Kier alpha value is -2.94. The van der Waals surface area contributed by atoms with Crippen molar-refractivity contribution >= 4 is 33.8 Å². The number of anilines is 2. The zero-order chi connectivity index (χ0) is 17.6. The van der Waals surface area contributed by atoms with E-state index in [0.717, 1.165) is 15.7 Å². The van der Waals surface area contributed by atoms with E-state index in [1.54, 1.807) is 20.4 Å². The molecule has 0 aliphatic carbocycles. The highest BCUT2D eigenvalue weighted by atomic mass is 79.9. The monoisotopic (exact) mass is 402 g/mol. The summed E-state index contributed by atoms with van der Waals surface area (Å²) in [4.78, 5) is 1.30. The smallest absolute Gasteiger partial charge is 0.269 e. The molecule has 2 aromatic carbocycles. The molecule has 1 N–H and O–H groups in total. The SMILES string of the molecule is COc1cc(C=Nn2nnnc2Nc2ccccc2)cc(Br)c1OC. The maximum Gasteiger partial charge on any atom is 0.269 e. The molecule has 0 saturated carbocycles. The molecule has 0 aliphatic heterocycles. The second kappa shape index (κ2) is 7.75. The van der Waals surface area contributed by atoms with Crippen LogP contribution in [0, 0.1) is 0 Å². The van der Waals surface area contributed by atoms with Gasteiger partial charge in [-0.15, -0.1) is 0 Å². The van der Waals surface area contributed by atoms with Crippen LogP contribution >= 0.6 is 15.9 Å². The summed E-state index contributed by atoms with van der Waals surface area (Å²) in [5, 5.41) is 18.8. The van der Waals surface area contributed by atoms with Crippen LogP contribution in [0.2, 0.25) is 0 Å². The van der Waals surface area contributed by atoms with E-state index in [4.69, 9.17) is 9.47 Å². The maximum atomic E-state index is 5.32. The lowest BCUT2D eigenvalue weighted by molar-refractivity contribution is 0.353. The van der Waals surface area contributed by atoms with Gasteiger partial charge in [0.1, 0.15) is 0 Å². The van der Waals surface area contributed by atoms with Crippen molar-refractivity contribution in [2.75, 3.05) is 19.5 Å². The zero-order valence-corrected chi connectivity index (χ0v) is 15.1. The third-order valence-electron chi connectivity index (χ3n) is 3.26. The number of tetrazole rings is 1. The van der Waals surface area contributed by atoms with Crippen molar-refractivity contribution in [1.82, 2.24) is 20.3 Å². The van der Waals surface area contributed by atoms with Crippen LogP contribution in [-0.2, 0) is 0 Å². The highest BCUT2D eigenvalue weighted by Crippen LogP contribution is 2.35. The first-order valence-corrected chi connectivity index (χ1v) is 8.07. The minimum Gasteiger partial charge on any atom is -0.493 e. The first-order valence-electron chi connectivity index (χ1n) is 7.27. The van der Waals surface area contributed by atoms with E-state index in [9.17, 15) is 0 Å². The Balaban J connectivity index is 1.84. The molecule has 3 rings (SSSR count). The third-order valence-corrected chi connectivity index (χ3v) is 3.84. The van der Waals surface area contributed by atoms with Crippen molar-refractivity contribution in [3.63, 3.8) is 0 Å². The van der Waals surface area contributed by atoms with E-state index in [1.165, 1.54) is 4.79 Å². The molecular weight excluding hydrogens is 388 g/mol. The number of ether oxygens (including phenoxy) is 2. The third kappa shape index (κ3) is 3.94. The average Bonchev–Trinajstić information content (AvgIpc) is 3.07. The predicted octanol–water partition coefficient (Wildman–Crippen LogP) is 3.08. The van der Waals surface area contributed by atoms with Crippen LogP contribution in [-0.4, -0.2) is 40.8 Å². The Labute approximate surface area is 152 Å². The number of nitrogens with zero attached hydrogens (tertiary/aromatic N) is 5. The van der Waals surface area contributed by atoms with Crippen molar-refractivity contribution in [1.29, 1.82) is 0 Å². The number of aromatic nitrogens is 4. The molecule has 1 aromatic heterocycles. The summed E-state index contributed by atoms with van der Waals surface area (Å²) in [6, 6.07) is 13.3. The molecule has 3 aromatic rings. The number of benzene rings is 2. The Morgan fingerprint density at radius 3 is 2.68 bits per heavy atom. The Kier molecular flexibility index (Phi) is 5.24. The van der Waals surface area contributed by atoms with Crippen molar-refractivity contribution in [2.24, 2.45) is 5.10 Å². The van der Waals surface area contributed by atoms with Gasteiger partial charge in [0.25, 0.3) is 5.95 Å². The number of nitrogens with one attached hydrogen (secondary N) is 1. The Morgan fingerprint density at radius 1 is 1.16 bits per heavy atom. The van der Waals surface area contributed by atoms with Crippen molar-refractivity contribution in [3.8, 4) is 11.5 Å². The molecule has 0 unspecified atom stereocenters. The summed E-state index contributed by atoms with van der Waals surface area (Å²) in [5.41, 5.74) is 1.66. The van der Waals surface area contributed by atoms with Gasteiger partial charge in [-0.1, -0.05) is 28.1 Å². The average molecular weight is 403 g/mol. The van der Waals surface area contributed by atoms with Crippen LogP contribution in [0.25, 0.3) is 0 Å². The molecule has 0 spiro atoms. The van der Waals surface area contributed by atoms with E-state index < -0.39 is 0 Å². The lowest BCUT2D eigenvalue weighted by atomic mass is 10.2. The molecule has 0 bridgehead atoms. The second-order valence-corrected chi connectivity index (χ2v) is 5.72. The number of para-hydroxylation sites is 1. The number of hydrogen-bond donors (Lipinski definition) is 1. The first kappa shape index (κ1) is 16.9. The quantitative estimate of drug-likeness (QED) is 0.637. The fraction of sp³-hybridized carbons (Fsp3) is 0.125. The van der Waals surface area contributed by atoms with Gasteiger partial charge in [-0.2, -0.15) is 5.10 Å². The van der Waals surface area contributed by atoms with Crippen molar-refractivity contribution < 1.29 is 9.47 Å². The van der Waals surface area contributed by atoms with Crippen molar-refractivity contribution in [2.45, 2.75) is 0 Å². The van der Waals surface area contributed by atoms with E-state index in [0.29, 0.717) is 17.4 Å². The van der Waals surface area contributed by atoms with Gasteiger partial charge in [0.05, 0.1) is 24.9 Å². The summed E-state index contributed by atoms with van der Waals surface area (Å²) in [6.07, 6.45) is 1.62. The van der Waals surface area contributed by atoms with Crippen LogP contribution in [0.5, 0.6) is 11.5 Å². The summed E-state index contributed by atoms with van der Waals surface area (Å²) in [6.45, 7) is 0. The highest BCUT2D eigenvalue weighted by Gasteiger charge is 2.10. The predicted molar refractivity (Wildman–Crippen MR) is 97.8 cm³/mol. The molecule has 8 nitrogen and oxygen atoms in total. The number of methoxy groups -OCH3 is 2. The van der Waals surface area contributed by atoms with Crippen molar-refractivity contribution in [3.05, 3.63) is 52.5 Å². The Bertz CT molecular complexity index is 882. The van der Waals surface area contributed by atoms with E-state index in [1.807, 2.05) is 42.5 Å². The first-order chi connectivity index (χ1) is 12.2. The van der Waals surface area contributed by atoms with Gasteiger partial charge in [0, 0.05) is 5.69 Å². The van der Waals surface area contributed by atoms with Gasteiger partial charge in [0.2, 0.25) is 0 Å². The summed E-state index contributed by atoms with van der Waals surface area (Å²) < 4.78 is 11.4. The molecule has 9 heteroatoms. The molecule has 1 heterocycles. The molecule has 0 radical (unpaired) electrons. The number of rotatable bonds is 6. The molecule has 0 saturated heterocycles. The highest BCUT2D eigenvalue weighted by molar-refractivity contribution is 9.10. The van der Waals surface area contributed by atoms with E-state index in [2.05, 4.69) is 41.9 Å². The molecule has 0 atom stereocenters. The second-order valence-electron chi connectivity index (χ2n) is 4.87. The van der Waals surface area contributed by atoms with Crippen LogP contribution in [0.3, 0.4) is 0 Å². The van der Waals surface area contributed by atoms with Crippen LogP contribution in [0.4, 0.5) is 11.6 Å². The number of halogens is 1. The van der Waals surface area contributed by atoms with Gasteiger partial charge in [-0.3, -0.25) is 0 Å². The lowest BCUT2D eigenvalue weighted by Crippen LogP contribution is -2.01. The standard InChI is InChI=1S/C16H15BrN6O2/c1-24-14-9-11(8-13(17)15(14)25-2)10-18-23-16(20-21-22-23)19-12-6-4-3-5-7-12/h3-10H,1-2H3,(H,19,20,22). The van der Waals surface area contributed by atoms with Crippen LogP contribution < -0.4 is 14.8 Å². The molecular formula is C16H15BrN6O2. The fourth-order valence-electron chi connectivity index (χ4n) is 2.12. The maximum absolute atomic E-state index is 5.32. The zero-order valence-electron chi connectivity index (χ0n) is 13.5. The van der Waals surface area contributed by atoms with Gasteiger partial charge >= 0.3 is 0 Å². The summed E-state index contributed by atoms with van der Waals surface area (Å²) in [5.74, 6) is 1.62. The fourth-order valence-corrected chi connectivity index (χ4v) is 2.74. The van der Waals surface area contributed by atoms with E-state index >= 15 is 0 Å². The van der Waals surface area contributed by atoms with Gasteiger partial charge in [-0.25, -0.2) is 0 Å². The molecule has 0 fully saturated rings. The van der Waals surface area contributed by atoms with Crippen LogP contribution in [0.15, 0.2) is 52.0 Å². The van der Waals surface area contributed by atoms with E-state index in [-0.39, 0.29) is 0 Å². The normalized spacial score (nSPS) is 10.8.